The summed E-state index contributed by atoms with van der Waals surface area (Å²) in [5.74, 6) is 0. The molecular weight excluding hydrogens is 374 g/mol. The molecule has 0 atom stereocenters. The molecule has 0 aliphatic carbocycles. The van der Waals surface area contributed by atoms with E-state index in [-0.39, 0.29) is 10.6 Å². The van der Waals surface area contributed by atoms with Crippen LogP contribution in [0.15, 0.2) is 91.0 Å². The van der Waals surface area contributed by atoms with Crippen LogP contribution in [-0.4, -0.2) is 14.3 Å². The van der Waals surface area contributed by atoms with Gasteiger partial charge >= 0.3 is 0 Å². The summed E-state index contributed by atoms with van der Waals surface area (Å²) >= 11 is 0. The Bertz CT molecular complexity index is 1630. The molecule has 0 aliphatic heterocycles. The lowest BCUT2D eigenvalue weighted by Gasteiger charge is -2.11. The summed E-state index contributed by atoms with van der Waals surface area (Å²) in [5.41, 5.74) is 5.42. The van der Waals surface area contributed by atoms with Gasteiger partial charge in [0.05, 0.1) is 27.0 Å². The SMILES string of the molecule is O=[N+]([O-])c1ccccc1-c1ccc2c3ccccc3n3c4ccccc4nc3c2c1. The molecule has 2 aromatic heterocycles. The van der Waals surface area contributed by atoms with E-state index in [2.05, 4.69) is 22.6 Å². The molecule has 5 heteroatoms. The van der Waals surface area contributed by atoms with Gasteiger partial charge in [-0.15, -0.1) is 0 Å². The van der Waals surface area contributed by atoms with Gasteiger partial charge in [-0.2, -0.15) is 0 Å². The van der Waals surface area contributed by atoms with Gasteiger partial charge in [-0.25, -0.2) is 4.98 Å². The number of fused-ring (bicyclic) bond motifs is 8. The van der Waals surface area contributed by atoms with Crippen LogP contribution < -0.4 is 0 Å². The molecule has 0 saturated carbocycles. The van der Waals surface area contributed by atoms with Crippen LogP contribution in [0, 0.1) is 10.1 Å². The topological polar surface area (TPSA) is 60.4 Å². The smallest absolute Gasteiger partial charge is 0.277 e. The number of nitro benzene ring substituents is 1. The molecule has 4 aromatic carbocycles. The summed E-state index contributed by atoms with van der Waals surface area (Å²) < 4.78 is 2.18. The molecule has 0 N–H and O–H groups in total. The van der Waals surface area contributed by atoms with Crippen molar-refractivity contribution < 1.29 is 4.92 Å². The van der Waals surface area contributed by atoms with Crippen LogP contribution in [0.1, 0.15) is 0 Å². The molecule has 6 rings (SSSR count). The third-order valence-electron chi connectivity index (χ3n) is 5.67. The Labute approximate surface area is 171 Å². The minimum Gasteiger partial charge on any atom is -0.292 e. The summed E-state index contributed by atoms with van der Waals surface area (Å²) in [6.45, 7) is 0. The summed E-state index contributed by atoms with van der Waals surface area (Å²) in [5, 5.41) is 14.7. The number of nitrogens with zero attached hydrogens (tertiary/aromatic N) is 3. The van der Waals surface area contributed by atoms with Crippen molar-refractivity contribution >= 4 is 44.0 Å². The third kappa shape index (κ3) is 2.26. The number of aromatic nitrogens is 2. The van der Waals surface area contributed by atoms with E-state index in [1.807, 2.05) is 54.6 Å². The lowest BCUT2D eigenvalue weighted by molar-refractivity contribution is -0.384. The van der Waals surface area contributed by atoms with E-state index < -0.39 is 0 Å². The Morgan fingerprint density at radius 3 is 2.33 bits per heavy atom. The highest BCUT2D eigenvalue weighted by molar-refractivity contribution is 6.14. The van der Waals surface area contributed by atoms with E-state index in [1.54, 1.807) is 18.2 Å². The number of benzene rings is 4. The van der Waals surface area contributed by atoms with E-state index in [0.29, 0.717) is 5.56 Å². The quantitative estimate of drug-likeness (QED) is 0.196. The van der Waals surface area contributed by atoms with Crippen LogP contribution >= 0.6 is 0 Å². The first-order valence-electron chi connectivity index (χ1n) is 9.68. The fourth-order valence-electron chi connectivity index (χ4n) is 4.36. The lowest BCUT2D eigenvalue weighted by atomic mass is 9.98. The largest absolute Gasteiger partial charge is 0.292 e. The average Bonchev–Trinajstić information content (AvgIpc) is 3.19. The van der Waals surface area contributed by atoms with Crippen molar-refractivity contribution in [3.63, 3.8) is 0 Å². The molecule has 0 unspecified atom stereocenters. The van der Waals surface area contributed by atoms with E-state index in [1.165, 1.54) is 0 Å². The van der Waals surface area contributed by atoms with Gasteiger partial charge in [-0.05, 0) is 41.3 Å². The van der Waals surface area contributed by atoms with Gasteiger partial charge in [-0.1, -0.05) is 54.6 Å². The Hall–Kier alpha value is -4.25. The Kier molecular flexibility index (Phi) is 3.40. The van der Waals surface area contributed by atoms with Crippen molar-refractivity contribution in [3.8, 4) is 11.1 Å². The monoisotopic (exact) mass is 389 g/mol. The zero-order chi connectivity index (χ0) is 20.2. The van der Waals surface area contributed by atoms with E-state index in [9.17, 15) is 10.1 Å². The van der Waals surface area contributed by atoms with Crippen molar-refractivity contribution in [2.45, 2.75) is 0 Å². The number of hydrogen-bond acceptors (Lipinski definition) is 3. The molecule has 0 aliphatic rings. The van der Waals surface area contributed by atoms with E-state index >= 15 is 0 Å². The maximum atomic E-state index is 11.6. The second kappa shape index (κ2) is 6.12. The standard InChI is InChI=1S/C25H15N3O2/c29-28(30)23-11-5-1-7-17(23)16-13-14-18-19-8-2-4-10-22(19)27-24-12-6-3-9-21(24)26-25(27)20(18)15-16/h1-15H. The van der Waals surface area contributed by atoms with Crippen LogP contribution in [0.2, 0.25) is 0 Å². The van der Waals surface area contributed by atoms with Crippen LogP contribution in [0.3, 0.4) is 0 Å². The molecule has 142 valence electrons. The molecule has 0 amide bonds. The van der Waals surface area contributed by atoms with E-state index in [0.717, 1.165) is 43.9 Å². The van der Waals surface area contributed by atoms with Crippen LogP contribution in [-0.2, 0) is 0 Å². The minimum atomic E-state index is -0.334. The molecule has 2 heterocycles. The van der Waals surface area contributed by atoms with E-state index in [4.69, 9.17) is 4.98 Å². The molecule has 0 bridgehead atoms. The summed E-state index contributed by atoms with van der Waals surface area (Å²) in [6.07, 6.45) is 0. The molecule has 0 radical (unpaired) electrons. The first kappa shape index (κ1) is 16.7. The lowest BCUT2D eigenvalue weighted by Crippen LogP contribution is -1.93. The van der Waals surface area contributed by atoms with Crippen LogP contribution in [0.5, 0.6) is 0 Å². The fourth-order valence-corrected chi connectivity index (χ4v) is 4.36. The van der Waals surface area contributed by atoms with Crippen molar-refractivity contribution in [1.29, 1.82) is 0 Å². The first-order valence-corrected chi connectivity index (χ1v) is 9.68. The van der Waals surface area contributed by atoms with Crippen molar-refractivity contribution in [2.24, 2.45) is 0 Å². The van der Waals surface area contributed by atoms with Crippen molar-refractivity contribution in [2.75, 3.05) is 0 Å². The molecule has 0 fully saturated rings. The second-order valence-corrected chi connectivity index (χ2v) is 7.31. The minimum absolute atomic E-state index is 0.0992. The number of hydrogen-bond donors (Lipinski definition) is 0. The summed E-state index contributed by atoms with van der Waals surface area (Å²) in [4.78, 5) is 16.1. The summed E-state index contributed by atoms with van der Waals surface area (Å²) in [6, 6.07) is 29.2. The van der Waals surface area contributed by atoms with Gasteiger partial charge in [0, 0.05) is 16.8 Å². The number of para-hydroxylation sites is 4. The van der Waals surface area contributed by atoms with Crippen molar-refractivity contribution in [3.05, 3.63) is 101 Å². The van der Waals surface area contributed by atoms with Gasteiger partial charge in [0.15, 0.2) is 0 Å². The Balaban J connectivity index is 1.80. The van der Waals surface area contributed by atoms with Crippen LogP contribution in [0.4, 0.5) is 5.69 Å². The predicted molar refractivity (Wildman–Crippen MR) is 120 cm³/mol. The van der Waals surface area contributed by atoms with Gasteiger partial charge in [0.2, 0.25) is 0 Å². The highest BCUT2D eigenvalue weighted by atomic mass is 16.6. The third-order valence-corrected chi connectivity index (χ3v) is 5.67. The zero-order valence-electron chi connectivity index (χ0n) is 15.8. The van der Waals surface area contributed by atoms with Gasteiger partial charge in [0.25, 0.3) is 5.69 Å². The maximum absolute atomic E-state index is 11.6. The van der Waals surface area contributed by atoms with Gasteiger partial charge in [-0.3, -0.25) is 14.5 Å². The molecule has 6 aromatic rings. The molecule has 5 nitrogen and oxygen atoms in total. The number of imidazole rings is 1. The number of pyridine rings is 1. The van der Waals surface area contributed by atoms with Gasteiger partial charge in [0.1, 0.15) is 5.65 Å². The first-order chi connectivity index (χ1) is 14.7. The maximum Gasteiger partial charge on any atom is 0.277 e. The molecule has 0 spiro atoms. The highest BCUT2D eigenvalue weighted by Crippen LogP contribution is 2.36. The normalized spacial score (nSPS) is 11.6. The Morgan fingerprint density at radius 1 is 0.733 bits per heavy atom. The highest BCUT2D eigenvalue weighted by Gasteiger charge is 2.17. The van der Waals surface area contributed by atoms with Crippen LogP contribution in [0.25, 0.3) is 49.5 Å². The predicted octanol–water partition coefficient (Wildman–Crippen LogP) is 6.37. The Morgan fingerprint density at radius 2 is 1.47 bits per heavy atom. The van der Waals surface area contributed by atoms with Gasteiger partial charge < -0.3 is 0 Å². The molecular formula is C25H15N3O2. The number of nitro groups is 1. The number of rotatable bonds is 2. The zero-order valence-corrected chi connectivity index (χ0v) is 15.8. The fraction of sp³-hybridized carbons (Fsp3) is 0. The second-order valence-electron chi connectivity index (χ2n) is 7.31. The molecule has 30 heavy (non-hydrogen) atoms. The summed E-state index contributed by atoms with van der Waals surface area (Å²) in [7, 11) is 0. The van der Waals surface area contributed by atoms with Crippen molar-refractivity contribution in [1.82, 2.24) is 9.38 Å². The average molecular weight is 389 g/mol. The molecule has 0 saturated heterocycles.